The van der Waals surface area contributed by atoms with Crippen molar-refractivity contribution in [2.75, 3.05) is 36.8 Å². The van der Waals surface area contributed by atoms with Gasteiger partial charge in [0, 0.05) is 44.4 Å². The maximum Gasteiger partial charge on any atom is 0.266 e. The van der Waals surface area contributed by atoms with E-state index in [2.05, 4.69) is 15.3 Å². The van der Waals surface area contributed by atoms with Gasteiger partial charge in [0.2, 0.25) is 0 Å². The molecule has 3 N–H and O–H groups in total. The van der Waals surface area contributed by atoms with Gasteiger partial charge in [0.1, 0.15) is 0 Å². The average Bonchev–Trinajstić information content (AvgIpc) is 2.56. The van der Waals surface area contributed by atoms with E-state index >= 15 is 0 Å². The van der Waals surface area contributed by atoms with Crippen molar-refractivity contribution in [3.8, 4) is 11.3 Å². The first-order valence-corrected chi connectivity index (χ1v) is 7.63. The van der Waals surface area contributed by atoms with Crippen molar-refractivity contribution in [1.29, 1.82) is 0 Å². The maximum atomic E-state index is 11.6. The molecule has 22 heavy (non-hydrogen) atoms. The molecule has 1 saturated heterocycles. The third-order valence-electron chi connectivity index (χ3n) is 3.95. The first-order valence-electron chi connectivity index (χ1n) is 7.63. The quantitative estimate of drug-likeness (QED) is 0.824. The molecule has 1 aliphatic rings. The van der Waals surface area contributed by atoms with Gasteiger partial charge in [-0.05, 0) is 25.1 Å². The number of benzene rings is 1. The molecular weight excluding hydrogens is 278 g/mol. The molecule has 1 aliphatic heterocycles. The molecule has 0 spiro atoms. The second-order valence-corrected chi connectivity index (χ2v) is 5.38. The van der Waals surface area contributed by atoms with Crippen molar-refractivity contribution < 1.29 is 0 Å². The summed E-state index contributed by atoms with van der Waals surface area (Å²) in [5, 5.41) is 7.70. The van der Waals surface area contributed by atoms with Gasteiger partial charge in [0.15, 0.2) is 0 Å². The Kier molecular flexibility index (Phi) is 4.11. The molecule has 1 aromatic carbocycles. The normalized spacial score (nSPS) is 15.0. The van der Waals surface area contributed by atoms with Crippen molar-refractivity contribution in [3.05, 3.63) is 40.7 Å². The third-order valence-corrected chi connectivity index (χ3v) is 3.95. The Labute approximate surface area is 129 Å². The second-order valence-electron chi connectivity index (χ2n) is 5.38. The molecule has 0 saturated carbocycles. The van der Waals surface area contributed by atoms with E-state index in [4.69, 9.17) is 5.73 Å². The summed E-state index contributed by atoms with van der Waals surface area (Å²) < 4.78 is 1.45. The van der Waals surface area contributed by atoms with Crippen molar-refractivity contribution >= 4 is 11.4 Å². The summed E-state index contributed by atoms with van der Waals surface area (Å²) in [6.45, 7) is 6.33. The van der Waals surface area contributed by atoms with Crippen LogP contribution in [0.2, 0.25) is 0 Å². The number of hydrogen-bond donors (Lipinski definition) is 2. The van der Waals surface area contributed by atoms with Gasteiger partial charge < -0.3 is 16.0 Å². The topological polar surface area (TPSA) is 76.2 Å². The lowest BCUT2D eigenvalue weighted by Crippen LogP contribution is -2.43. The monoisotopic (exact) mass is 299 g/mol. The zero-order valence-corrected chi connectivity index (χ0v) is 12.7. The number of nitrogens with one attached hydrogen (secondary N) is 1. The van der Waals surface area contributed by atoms with Crippen LogP contribution in [0.5, 0.6) is 0 Å². The minimum Gasteiger partial charge on any atom is -0.397 e. The third kappa shape index (κ3) is 2.82. The highest BCUT2D eigenvalue weighted by Crippen LogP contribution is 2.28. The Hall–Kier alpha value is -2.34. The van der Waals surface area contributed by atoms with E-state index in [0.29, 0.717) is 6.54 Å². The van der Waals surface area contributed by atoms with Crippen molar-refractivity contribution in [2.45, 2.75) is 13.5 Å². The molecule has 0 radical (unpaired) electrons. The molecule has 0 aliphatic carbocycles. The SMILES string of the molecule is CCn1nc(-c2ccc(N3CCNCC3)c(N)c2)ccc1=O. The Morgan fingerprint density at radius 1 is 1.23 bits per heavy atom. The molecule has 0 unspecified atom stereocenters. The highest BCUT2D eigenvalue weighted by molar-refractivity contribution is 5.75. The Morgan fingerprint density at radius 2 is 2.00 bits per heavy atom. The van der Waals surface area contributed by atoms with Gasteiger partial charge in [-0.15, -0.1) is 0 Å². The van der Waals surface area contributed by atoms with Crippen molar-refractivity contribution in [1.82, 2.24) is 15.1 Å². The van der Waals surface area contributed by atoms with Gasteiger partial charge in [-0.3, -0.25) is 4.79 Å². The lowest BCUT2D eigenvalue weighted by molar-refractivity contribution is 0.590. The van der Waals surface area contributed by atoms with Crippen LogP contribution in [0.1, 0.15) is 6.92 Å². The first kappa shape index (κ1) is 14.6. The summed E-state index contributed by atoms with van der Waals surface area (Å²) in [6, 6.07) is 9.28. The van der Waals surface area contributed by atoms with Gasteiger partial charge in [-0.2, -0.15) is 5.10 Å². The summed E-state index contributed by atoms with van der Waals surface area (Å²) >= 11 is 0. The molecule has 0 amide bonds. The van der Waals surface area contributed by atoms with Gasteiger partial charge in [0.05, 0.1) is 17.1 Å². The number of aryl methyl sites for hydroxylation is 1. The van der Waals surface area contributed by atoms with E-state index in [1.165, 1.54) is 4.68 Å². The number of rotatable bonds is 3. The number of nitrogens with zero attached hydrogens (tertiary/aromatic N) is 3. The number of nitrogen functional groups attached to an aromatic ring is 1. The molecule has 1 fully saturated rings. The van der Waals surface area contributed by atoms with Gasteiger partial charge in [-0.25, -0.2) is 4.68 Å². The van der Waals surface area contributed by atoms with Crippen LogP contribution in [0.4, 0.5) is 11.4 Å². The van der Waals surface area contributed by atoms with Crippen LogP contribution in [0.15, 0.2) is 35.1 Å². The number of hydrogen-bond acceptors (Lipinski definition) is 5. The maximum absolute atomic E-state index is 11.6. The van der Waals surface area contributed by atoms with E-state index in [-0.39, 0.29) is 5.56 Å². The predicted molar refractivity (Wildman–Crippen MR) is 89.1 cm³/mol. The molecule has 1 aromatic heterocycles. The largest absolute Gasteiger partial charge is 0.397 e. The lowest BCUT2D eigenvalue weighted by atomic mass is 10.1. The first-order chi connectivity index (χ1) is 10.7. The van der Waals surface area contributed by atoms with Crippen LogP contribution in [0, 0.1) is 0 Å². The molecule has 0 atom stereocenters. The number of nitrogens with two attached hydrogens (primary N) is 1. The molecule has 6 nitrogen and oxygen atoms in total. The van der Waals surface area contributed by atoms with E-state index in [1.807, 2.05) is 25.1 Å². The summed E-state index contributed by atoms with van der Waals surface area (Å²) in [7, 11) is 0. The van der Waals surface area contributed by atoms with Gasteiger partial charge >= 0.3 is 0 Å². The zero-order valence-electron chi connectivity index (χ0n) is 12.7. The fraction of sp³-hybridized carbons (Fsp3) is 0.375. The summed E-state index contributed by atoms with van der Waals surface area (Å²) in [4.78, 5) is 13.9. The Morgan fingerprint density at radius 3 is 2.68 bits per heavy atom. The summed E-state index contributed by atoms with van der Waals surface area (Å²) in [5.41, 5.74) is 9.65. The van der Waals surface area contributed by atoms with Crippen LogP contribution < -0.4 is 21.5 Å². The number of aromatic nitrogens is 2. The minimum atomic E-state index is -0.0864. The van der Waals surface area contributed by atoms with Gasteiger partial charge in [0.25, 0.3) is 5.56 Å². The van der Waals surface area contributed by atoms with E-state index in [9.17, 15) is 4.79 Å². The van der Waals surface area contributed by atoms with Crippen molar-refractivity contribution in [2.24, 2.45) is 0 Å². The molecular formula is C16H21N5O. The van der Waals surface area contributed by atoms with Crippen LogP contribution in [0.25, 0.3) is 11.3 Å². The van der Waals surface area contributed by atoms with E-state index in [0.717, 1.165) is 48.8 Å². The smallest absolute Gasteiger partial charge is 0.266 e. The van der Waals surface area contributed by atoms with Crippen LogP contribution in [0.3, 0.4) is 0 Å². The van der Waals surface area contributed by atoms with Crippen molar-refractivity contribution in [3.63, 3.8) is 0 Å². The molecule has 6 heteroatoms. The molecule has 3 rings (SSSR count). The van der Waals surface area contributed by atoms with Crippen LogP contribution in [-0.2, 0) is 6.54 Å². The highest BCUT2D eigenvalue weighted by Gasteiger charge is 2.14. The van der Waals surface area contributed by atoms with Crippen LogP contribution in [-0.4, -0.2) is 36.0 Å². The molecule has 116 valence electrons. The van der Waals surface area contributed by atoms with E-state index in [1.54, 1.807) is 12.1 Å². The highest BCUT2D eigenvalue weighted by atomic mass is 16.1. The fourth-order valence-electron chi connectivity index (χ4n) is 2.74. The Balaban J connectivity index is 1.92. The lowest BCUT2D eigenvalue weighted by Gasteiger charge is -2.30. The van der Waals surface area contributed by atoms with Gasteiger partial charge in [-0.1, -0.05) is 6.07 Å². The molecule has 2 aromatic rings. The minimum absolute atomic E-state index is 0.0864. The number of anilines is 2. The summed E-state index contributed by atoms with van der Waals surface area (Å²) in [5.74, 6) is 0. The fourth-order valence-corrected chi connectivity index (χ4v) is 2.74. The average molecular weight is 299 g/mol. The molecule has 2 heterocycles. The van der Waals surface area contributed by atoms with E-state index < -0.39 is 0 Å². The zero-order chi connectivity index (χ0) is 15.5. The van der Waals surface area contributed by atoms with Crippen LogP contribution >= 0.6 is 0 Å². The number of piperazine rings is 1. The Bertz CT molecular complexity index is 719. The summed E-state index contributed by atoms with van der Waals surface area (Å²) in [6.07, 6.45) is 0. The molecule has 0 bridgehead atoms. The standard InChI is InChI=1S/C16H21N5O/c1-2-21-16(22)6-4-14(19-21)12-3-5-15(13(17)11-12)20-9-7-18-8-10-20/h3-6,11,18H,2,7-10,17H2,1H3. The second kappa shape index (κ2) is 6.19. The predicted octanol–water partition coefficient (Wildman–Crippen LogP) is 0.922.